The Morgan fingerprint density at radius 2 is 2.15 bits per heavy atom. The van der Waals surface area contributed by atoms with Gasteiger partial charge in [-0.2, -0.15) is 0 Å². The van der Waals surface area contributed by atoms with Gasteiger partial charge in [0.2, 0.25) is 0 Å². The highest BCUT2D eigenvalue weighted by Crippen LogP contribution is 2.31. The van der Waals surface area contributed by atoms with E-state index < -0.39 is 4.92 Å². The van der Waals surface area contributed by atoms with Crippen molar-refractivity contribution < 1.29 is 4.92 Å². The van der Waals surface area contributed by atoms with Crippen LogP contribution in [0.5, 0.6) is 0 Å². The van der Waals surface area contributed by atoms with Gasteiger partial charge in [0.1, 0.15) is 17.7 Å². The van der Waals surface area contributed by atoms with Crippen molar-refractivity contribution >= 4 is 22.3 Å². The third-order valence-corrected chi connectivity index (χ3v) is 2.94. The highest BCUT2D eigenvalue weighted by molar-refractivity contribution is 5.95. The van der Waals surface area contributed by atoms with Gasteiger partial charge in [0.15, 0.2) is 0 Å². The van der Waals surface area contributed by atoms with Crippen LogP contribution in [0.2, 0.25) is 0 Å². The average molecular weight is 269 g/mol. The molecule has 3 rings (SSSR count). The Bertz CT molecular complexity index is 755. The second-order valence-electron chi connectivity index (χ2n) is 4.18. The second-order valence-corrected chi connectivity index (χ2v) is 4.18. The van der Waals surface area contributed by atoms with Crippen LogP contribution in [-0.2, 0) is 6.54 Å². The molecular formula is C13H11N5O2. The van der Waals surface area contributed by atoms with Crippen molar-refractivity contribution in [2.45, 2.75) is 6.54 Å². The Morgan fingerprint density at radius 1 is 1.30 bits per heavy atom. The maximum atomic E-state index is 11.1. The third kappa shape index (κ3) is 2.16. The zero-order valence-corrected chi connectivity index (χ0v) is 10.4. The number of para-hydroxylation sites is 1. The summed E-state index contributed by atoms with van der Waals surface area (Å²) in [6, 6.07) is 7.29. The first-order valence-electron chi connectivity index (χ1n) is 6.00. The van der Waals surface area contributed by atoms with Crippen LogP contribution in [0.25, 0.3) is 10.9 Å². The van der Waals surface area contributed by atoms with Gasteiger partial charge in [-0.05, 0) is 6.07 Å². The second kappa shape index (κ2) is 4.96. The molecule has 7 nitrogen and oxygen atoms in total. The minimum atomic E-state index is -0.441. The molecule has 0 atom stereocenters. The summed E-state index contributed by atoms with van der Waals surface area (Å²) in [5, 5.41) is 14.9. The predicted octanol–water partition coefficient (Wildman–Crippen LogP) is 2.48. The molecule has 7 heteroatoms. The lowest BCUT2D eigenvalue weighted by Crippen LogP contribution is -2.05. The number of hydrogen-bond donors (Lipinski definition) is 2. The van der Waals surface area contributed by atoms with E-state index in [-0.39, 0.29) is 5.69 Å². The van der Waals surface area contributed by atoms with Gasteiger partial charge in [0.25, 0.3) is 0 Å². The van der Waals surface area contributed by atoms with E-state index in [0.717, 1.165) is 0 Å². The molecule has 2 heterocycles. The summed E-state index contributed by atoms with van der Waals surface area (Å²) in [6.45, 7) is 0.377. The van der Waals surface area contributed by atoms with E-state index in [9.17, 15) is 10.1 Å². The fraction of sp³-hybridized carbons (Fsp3) is 0.0769. The van der Waals surface area contributed by atoms with Crippen LogP contribution in [0.15, 0.2) is 42.9 Å². The lowest BCUT2D eigenvalue weighted by Gasteiger charge is -2.08. The zero-order valence-electron chi connectivity index (χ0n) is 10.4. The summed E-state index contributed by atoms with van der Waals surface area (Å²) < 4.78 is 0. The summed E-state index contributed by atoms with van der Waals surface area (Å²) >= 11 is 0. The molecule has 0 spiro atoms. The van der Waals surface area contributed by atoms with E-state index in [4.69, 9.17) is 0 Å². The monoisotopic (exact) mass is 269 g/mol. The number of nitrogens with one attached hydrogen (secondary N) is 2. The summed E-state index contributed by atoms with van der Waals surface area (Å²) in [5.41, 5.74) is 1.12. The number of aromatic amines is 1. The Balaban J connectivity index is 2.05. The minimum Gasteiger partial charge on any atom is -0.372 e. The topological polar surface area (TPSA) is 96.7 Å². The molecule has 0 amide bonds. The van der Waals surface area contributed by atoms with Crippen molar-refractivity contribution in [1.29, 1.82) is 0 Å². The number of aromatic nitrogens is 3. The molecule has 0 aliphatic heterocycles. The maximum absolute atomic E-state index is 11.1. The zero-order chi connectivity index (χ0) is 13.9. The number of H-pyrrole nitrogens is 1. The first-order valence-corrected chi connectivity index (χ1v) is 6.00. The molecule has 1 aromatic carbocycles. The number of nitro groups is 1. The van der Waals surface area contributed by atoms with Crippen LogP contribution in [-0.4, -0.2) is 19.9 Å². The van der Waals surface area contributed by atoms with Gasteiger partial charge in [-0.3, -0.25) is 10.1 Å². The quantitative estimate of drug-likeness (QED) is 0.560. The van der Waals surface area contributed by atoms with Gasteiger partial charge in [-0.1, -0.05) is 18.2 Å². The summed E-state index contributed by atoms with van der Waals surface area (Å²) in [7, 11) is 0. The smallest absolute Gasteiger partial charge is 0.311 e. The Hall–Kier alpha value is -2.96. The number of rotatable bonds is 4. The third-order valence-electron chi connectivity index (χ3n) is 2.94. The molecule has 20 heavy (non-hydrogen) atoms. The summed E-state index contributed by atoms with van der Waals surface area (Å²) in [4.78, 5) is 21.8. The molecule has 100 valence electrons. The molecule has 0 aliphatic carbocycles. The number of pyridine rings is 1. The number of hydrogen-bond acceptors (Lipinski definition) is 5. The molecule has 0 saturated carbocycles. The van der Waals surface area contributed by atoms with Crippen molar-refractivity contribution in [1.82, 2.24) is 15.0 Å². The molecule has 0 radical (unpaired) electrons. The van der Waals surface area contributed by atoms with Gasteiger partial charge >= 0.3 is 5.69 Å². The van der Waals surface area contributed by atoms with E-state index in [0.29, 0.717) is 29.0 Å². The fourth-order valence-electron chi connectivity index (χ4n) is 2.02. The number of fused-ring (bicyclic) bond motifs is 1. The molecule has 0 unspecified atom stereocenters. The number of benzene rings is 1. The van der Waals surface area contributed by atoms with E-state index in [1.54, 1.807) is 18.5 Å². The minimum absolute atomic E-state index is 0.0461. The van der Waals surface area contributed by atoms with Gasteiger partial charge < -0.3 is 10.3 Å². The number of anilines is 1. The van der Waals surface area contributed by atoms with Crippen molar-refractivity contribution in [3.8, 4) is 0 Å². The summed E-state index contributed by atoms with van der Waals surface area (Å²) in [5.74, 6) is 0.709. The maximum Gasteiger partial charge on any atom is 0.311 e. The van der Waals surface area contributed by atoms with E-state index in [2.05, 4.69) is 20.3 Å². The molecule has 3 aromatic rings. The van der Waals surface area contributed by atoms with Crippen molar-refractivity contribution in [2.24, 2.45) is 0 Å². The van der Waals surface area contributed by atoms with Crippen molar-refractivity contribution in [3.05, 3.63) is 58.8 Å². The van der Waals surface area contributed by atoms with E-state index in [1.165, 1.54) is 6.20 Å². The first kappa shape index (κ1) is 12.1. The normalized spacial score (nSPS) is 10.6. The van der Waals surface area contributed by atoms with Crippen molar-refractivity contribution in [2.75, 3.05) is 5.32 Å². The molecule has 0 fully saturated rings. The Morgan fingerprint density at radius 3 is 2.90 bits per heavy atom. The standard InChI is InChI=1S/C13H11N5O2/c19-18(20)11-7-16-10-4-2-1-3-9(10)13(11)17-8-12-14-5-6-15-12/h1-7H,8H2,(H,14,15)(H,16,17). The van der Waals surface area contributed by atoms with Crippen LogP contribution in [0.1, 0.15) is 5.82 Å². The molecule has 2 N–H and O–H groups in total. The van der Waals surface area contributed by atoms with E-state index in [1.807, 2.05) is 18.2 Å². The average Bonchev–Trinajstić information content (AvgIpc) is 2.97. The predicted molar refractivity (Wildman–Crippen MR) is 74.3 cm³/mol. The first-order chi connectivity index (χ1) is 9.75. The highest BCUT2D eigenvalue weighted by atomic mass is 16.6. The Labute approximate surface area is 113 Å². The van der Waals surface area contributed by atoms with Gasteiger partial charge in [0.05, 0.1) is 17.0 Å². The summed E-state index contributed by atoms with van der Waals surface area (Å²) in [6.07, 6.45) is 4.61. The van der Waals surface area contributed by atoms with Gasteiger partial charge in [-0.15, -0.1) is 0 Å². The number of nitrogens with zero attached hydrogens (tertiary/aromatic N) is 3. The van der Waals surface area contributed by atoms with Crippen LogP contribution in [0.4, 0.5) is 11.4 Å². The van der Waals surface area contributed by atoms with Crippen LogP contribution in [0, 0.1) is 10.1 Å². The highest BCUT2D eigenvalue weighted by Gasteiger charge is 2.17. The molecule has 2 aromatic heterocycles. The van der Waals surface area contributed by atoms with Gasteiger partial charge in [0, 0.05) is 17.8 Å². The number of imidazole rings is 1. The Kier molecular flexibility index (Phi) is 3.00. The molecule has 0 saturated heterocycles. The fourth-order valence-corrected chi connectivity index (χ4v) is 2.02. The molecule has 0 bridgehead atoms. The van der Waals surface area contributed by atoms with Crippen molar-refractivity contribution in [3.63, 3.8) is 0 Å². The van der Waals surface area contributed by atoms with Gasteiger partial charge in [-0.25, -0.2) is 9.97 Å². The largest absolute Gasteiger partial charge is 0.372 e. The SMILES string of the molecule is O=[N+]([O-])c1cnc2ccccc2c1NCc1ncc[nH]1. The van der Waals surface area contributed by atoms with Crippen LogP contribution >= 0.6 is 0 Å². The van der Waals surface area contributed by atoms with E-state index >= 15 is 0 Å². The lowest BCUT2D eigenvalue weighted by molar-refractivity contribution is -0.384. The van der Waals surface area contributed by atoms with Crippen LogP contribution in [0.3, 0.4) is 0 Å². The molecular weight excluding hydrogens is 258 g/mol. The molecule has 0 aliphatic rings. The van der Waals surface area contributed by atoms with Crippen LogP contribution < -0.4 is 5.32 Å². The lowest BCUT2D eigenvalue weighted by atomic mass is 10.1.